The molecule has 3 unspecified atom stereocenters. The number of nitrogens with zero attached hydrogens (tertiary/aromatic N) is 3. The van der Waals surface area contributed by atoms with Crippen molar-refractivity contribution in [3.8, 4) is 12.3 Å². The molecule has 1 aliphatic heterocycles. The van der Waals surface area contributed by atoms with E-state index in [1.54, 1.807) is 0 Å². The second-order valence-electron chi connectivity index (χ2n) is 5.74. The summed E-state index contributed by atoms with van der Waals surface area (Å²) in [4.78, 5) is 12.6. The maximum atomic E-state index is 10.7. The third kappa shape index (κ3) is 2.98. The summed E-state index contributed by atoms with van der Waals surface area (Å²) in [5.74, 6) is 2.65. The van der Waals surface area contributed by atoms with Gasteiger partial charge in [-0.05, 0) is 22.0 Å². The van der Waals surface area contributed by atoms with Crippen molar-refractivity contribution in [2.45, 2.75) is 31.0 Å². The minimum absolute atomic E-state index is 0.175. The highest BCUT2D eigenvalue weighted by Crippen LogP contribution is 2.40. The predicted octanol–water partition coefficient (Wildman–Crippen LogP) is -0.712. The number of nitrogens with two attached hydrogens (primary N) is 1. The average molecular weight is 368 g/mol. The summed E-state index contributed by atoms with van der Waals surface area (Å²) in [6.07, 6.45) is 4.82. The van der Waals surface area contributed by atoms with E-state index in [4.69, 9.17) is 22.2 Å². The molecule has 0 spiro atoms. The summed E-state index contributed by atoms with van der Waals surface area (Å²) in [6.45, 7) is 1.03. The Kier molecular flexibility index (Phi) is 5.05. The Morgan fingerprint density at radius 2 is 2.23 bits per heavy atom. The van der Waals surface area contributed by atoms with Crippen LogP contribution in [-0.2, 0) is 24.7 Å². The van der Waals surface area contributed by atoms with Gasteiger partial charge < -0.3 is 25.3 Å². The molecule has 12 heteroatoms. The van der Waals surface area contributed by atoms with E-state index >= 15 is 0 Å². The Hall–Kier alpha value is -2.34. The molecule has 26 heavy (non-hydrogen) atoms. The molecule has 0 aromatic carbocycles. The van der Waals surface area contributed by atoms with Crippen molar-refractivity contribution >= 4 is 16.9 Å². The summed E-state index contributed by atoms with van der Waals surface area (Å²) in [6, 6.07) is 0. The maximum Gasteiger partial charge on any atom is 0.167 e. The van der Waals surface area contributed by atoms with Gasteiger partial charge in [-0.1, -0.05) is 5.92 Å². The highest BCUT2D eigenvalue weighted by Gasteiger charge is 2.53. The second-order valence-corrected chi connectivity index (χ2v) is 5.74. The molecule has 1 saturated heterocycles. The zero-order chi connectivity index (χ0) is 18.9. The molecule has 12 nitrogen and oxygen atoms in total. The van der Waals surface area contributed by atoms with E-state index in [0.717, 1.165) is 0 Å². The largest absolute Gasteiger partial charge is 0.387 e. The molecule has 4 atom stereocenters. The Labute approximate surface area is 146 Å². The molecule has 140 valence electrons. The van der Waals surface area contributed by atoms with E-state index < -0.39 is 24.0 Å². The molecule has 0 aliphatic carbocycles. The first kappa shape index (κ1) is 18.5. The third-order valence-corrected chi connectivity index (χ3v) is 4.14. The number of aliphatic hydroxyl groups is 2. The van der Waals surface area contributed by atoms with E-state index in [1.807, 2.05) is 0 Å². The fourth-order valence-corrected chi connectivity index (χ4v) is 2.90. The van der Waals surface area contributed by atoms with Crippen LogP contribution in [0.5, 0.6) is 0 Å². The van der Waals surface area contributed by atoms with Crippen LogP contribution in [0.3, 0.4) is 0 Å². The number of fused-ring (bicyclic) bond motifs is 1. The molecule has 2 aromatic rings. The summed E-state index contributed by atoms with van der Waals surface area (Å²) in [7, 11) is 0. The van der Waals surface area contributed by atoms with Crippen molar-refractivity contribution in [2.24, 2.45) is 0 Å². The van der Waals surface area contributed by atoms with Gasteiger partial charge in [-0.15, -0.1) is 6.42 Å². The van der Waals surface area contributed by atoms with Gasteiger partial charge in [0.2, 0.25) is 0 Å². The quantitative estimate of drug-likeness (QED) is 0.220. The maximum absolute atomic E-state index is 10.7. The Morgan fingerprint density at radius 1 is 1.46 bits per heavy atom. The Morgan fingerprint density at radius 3 is 2.92 bits per heavy atom. The molecule has 3 heterocycles. The molecule has 0 saturated carbocycles. The Bertz CT molecular complexity index is 832. The minimum Gasteiger partial charge on any atom is -0.387 e. The van der Waals surface area contributed by atoms with Gasteiger partial charge in [-0.3, -0.25) is 0 Å². The highest BCUT2D eigenvalue weighted by molar-refractivity contribution is 5.92. The Balaban J connectivity index is 1.93. The minimum atomic E-state index is -1.74. The van der Waals surface area contributed by atoms with Crippen molar-refractivity contribution in [1.82, 2.24) is 14.5 Å². The van der Waals surface area contributed by atoms with Crippen LogP contribution in [0.1, 0.15) is 18.7 Å². The molecule has 0 radical (unpaired) electrons. The van der Waals surface area contributed by atoms with Crippen LogP contribution >= 0.6 is 0 Å². The molecular weight excluding hydrogens is 352 g/mol. The predicted molar refractivity (Wildman–Crippen MR) is 82.3 cm³/mol. The molecule has 1 fully saturated rings. The standard InChI is InChI=1S/C14H16N4O8/c1-3-7-4-18(12-9(7)11(15)16-6-17-12)13-14(2,20)10(19)8(23-13)5-22-25-26-24-21/h1,4,6,8,10,13,19-21H,5H2,2H3,(H2,15,16,17)/t8?,10?,13?,14-/m1/s1. The smallest absolute Gasteiger partial charge is 0.167 e. The number of rotatable bonds is 6. The number of terminal acetylenes is 1. The molecule has 3 rings (SSSR count). The first-order valence-electron chi connectivity index (χ1n) is 7.31. The molecule has 1 aliphatic rings. The van der Waals surface area contributed by atoms with Gasteiger partial charge in [0, 0.05) is 6.20 Å². The summed E-state index contributed by atoms with van der Waals surface area (Å²) in [5, 5.41) is 40.3. The van der Waals surface area contributed by atoms with Crippen LogP contribution in [0.2, 0.25) is 0 Å². The summed E-state index contributed by atoms with van der Waals surface area (Å²) < 4.78 is 7.15. The van der Waals surface area contributed by atoms with Crippen molar-refractivity contribution in [2.75, 3.05) is 12.3 Å². The van der Waals surface area contributed by atoms with Gasteiger partial charge in [0.15, 0.2) is 6.23 Å². The lowest BCUT2D eigenvalue weighted by molar-refractivity contribution is -0.703. The zero-order valence-electron chi connectivity index (χ0n) is 13.5. The van der Waals surface area contributed by atoms with Crippen LogP contribution in [0, 0.1) is 12.3 Å². The van der Waals surface area contributed by atoms with Crippen LogP contribution < -0.4 is 5.73 Å². The SMILES string of the molecule is C#Cc1cn(C2OC(COOOOO)C(O)[C@@]2(C)O)c2ncnc(N)c12. The molecule has 0 amide bonds. The summed E-state index contributed by atoms with van der Waals surface area (Å²) >= 11 is 0. The number of nitrogen functional groups attached to an aromatic ring is 1. The van der Waals surface area contributed by atoms with Gasteiger partial charge in [0.25, 0.3) is 0 Å². The van der Waals surface area contributed by atoms with Crippen LogP contribution in [0.4, 0.5) is 5.82 Å². The van der Waals surface area contributed by atoms with Gasteiger partial charge in [0.05, 0.1) is 10.9 Å². The number of hydrogen-bond donors (Lipinski definition) is 4. The molecule has 2 aromatic heterocycles. The molecule has 5 N–H and O–H groups in total. The molecular formula is C14H16N4O8. The molecule has 0 bridgehead atoms. The van der Waals surface area contributed by atoms with Crippen LogP contribution in [-0.4, -0.2) is 54.4 Å². The zero-order valence-corrected chi connectivity index (χ0v) is 13.5. The van der Waals surface area contributed by atoms with E-state index in [0.29, 0.717) is 16.6 Å². The van der Waals surface area contributed by atoms with Crippen molar-refractivity contribution in [1.29, 1.82) is 0 Å². The first-order valence-corrected chi connectivity index (χ1v) is 7.31. The number of aromatic nitrogens is 3. The van der Waals surface area contributed by atoms with Crippen LogP contribution in [0.15, 0.2) is 12.5 Å². The summed E-state index contributed by atoms with van der Waals surface area (Å²) in [5.41, 5.74) is 4.87. The fourth-order valence-electron chi connectivity index (χ4n) is 2.90. The highest BCUT2D eigenvalue weighted by atomic mass is 17.8. The van der Waals surface area contributed by atoms with Gasteiger partial charge in [-0.25, -0.2) is 20.1 Å². The van der Waals surface area contributed by atoms with E-state index in [1.165, 1.54) is 24.0 Å². The van der Waals surface area contributed by atoms with Gasteiger partial charge in [0.1, 0.15) is 42.2 Å². The van der Waals surface area contributed by atoms with E-state index in [-0.39, 0.29) is 12.4 Å². The number of hydrogen-bond acceptors (Lipinski definition) is 11. The van der Waals surface area contributed by atoms with Crippen molar-refractivity contribution in [3.05, 3.63) is 18.1 Å². The number of anilines is 1. The topological polar surface area (TPSA) is 164 Å². The van der Waals surface area contributed by atoms with Crippen molar-refractivity contribution in [3.63, 3.8) is 0 Å². The first-order chi connectivity index (χ1) is 12.4. The second kappa shape index (κ2) is 7.11. The lowest BCUT2D eigenvalue weighted by Gasteiger charge is -2.27. The lowest BCUT2D eigenvalue weighted by Crippen LogP contribution is -2.44. The van der Waals surface area contributed by atoms with Gasteiger partial charge in [-0.2, -0.15) is 0 Å². The van der Waals surface area contributed by atoms with E-state index in [2.05, 4.69) is 35.9 Å². The van der Waals surface area contributed by atoms with E-state index in [9.17, 15) is 10.2 Å². The monoisotopic (exact) mass is 368 g/mol. The van der Waals surface area contributed by atoms with Gasteiger partial charge >= 0.3 is 0 Å². The number of ether oxygens (including phenoxy) is 1. The number of aliphatic hydroxyl groups excluding tert-OH is 1. The van der Waals surface area contributed by atoms with Crippen LogP contribution in [0.25, 0.3) is 11.0 Å². The lowest BCUT2D eigenvalue weighted by atomic mass is 9.96. The average Bonchev–Trinajstić information content (AvgIpc) is 3.09. The fraction of sp³-hybridized carbons (Fsp3) is 0.429. The third-order valence-electron chi connectivity index (χ3n) is 4.14. The normalized spacial score (nSPS) is 28.5. The van der Waals surface area contributed by atoms with Crippen molar-refractivity contribution < 1.29 is 40.2 Å².